The minimum atomic E-state index is -1.09. The summed E-state index contributed by atoms with van der Waals surface area (Å²) in [5.74, 6) is 0.645. The van der Waals surface area contributed by atoms with Crippen molar-refractivity contribution in [2.75, 3.05) is 12.4 Å². The lowest BCUT2D eigenvalue weighted by atomic mass is 10.1. The number of nitrogens with zero attached hydrogens (tertiary/aromatic N) is 1. The third-order valence-electron chi connectivity index (χ3n) is 6.71. The van der Waals surface area contributed by atoms with E-state index in [1.165, 1.54) is 16.3 Å². The average molecular weight is 591 g/mol. The second kappa shape index (κ2) is 16.2. The Morgan fingerprint density at radius 1 is 0.786 bits per heavy atom. The molecule has 1 heterocycles. The molecule has 0 spiro atoms. The normalized spacial score (nSPS) is 14.3. The van der Waals surface area contributed by atoms with E-state index in [0.29, 0.717) is 17.9 Å². The van der Waals surface area contributed by atoms with Crippen molar-refractivity contribution in [2.24, 2.45) is 0 Å². The van der Waals surface area contributed by atoms with Crippen molar-refractivity contribution in [1.82, 2.24) is 9.55 Å². The van der Waals surface area contributed by atoms with E-state index >= 15 is 0 Å². The average Bonchev–Trinajstić information content (AvgIpc) is 3.01. The van der Waals surface area contributed by atoms with Crippen molar-refractivity contribution in [3.05, 3.63) is 140 Å². The van der Waals surface area contributed by atoms with Gasteiger partial charge in [0.15, 0.2) is 0 Å². The Balaban J connectivity index is 1.68. The minimum absolute atomic E-state index is 0.0113. The molecule has 8 nitrogen and oxygen atoms in total. The summed E-state index contributed by atoms with van der Waals surface area (Å²) in [7, 11) is 0. The highest BCUT2D eigenvalue weighted by Gasteiger charge is 2.38. The van der Waals surface area contributed by atoms with Gasteiger partial charge in [0.1, 0.15) is 23.7 Å². The van der Waals surface area contributed by atoms with Crippen molar-refractivity contribution in [3.63, 3.8) is 0 Å². The fourth-order valence-corrected chi connectivity index (χ4v) is 5.63. The lowest BCUT2D eigenvalue weighted by molar-refractivity contribution is -0.152. The van der Waals surface area contributed by atoms with Gasteiger partial charge in [0.2, 0.25) is 0 Å². The molecule has 0 aliphatic rings. The number of H-pyrrole nitrogens is 1. The molecular weight excluding hydrogens is 552 g/mol. The molecule has 1 aromatic heterocycles. The van der Waals surface area contributed by atoms with Crippen LogP contribution < -0.4 is 11.2 Å². The third-order valence-corrected chi connectivity index (χ3v) is 7.88. The predicted octanol–water partition coefficient (Wildman–Crippen LogP) is 4.85. The van der Waals surface area contributed by atoms with Gasteiger partial charge in [-0.1, -0.05) is 97.9 Å². The molecule has 4 atom stereocenters. The molecule has 0 radical (unpaired) electrons. The zero-order valence-corrected chi connectivity index (χ0v) is 24.7. The minimum Gasteiger partial charge on any atom is -0.388 e. The molecule has 9 heteroatoms. The van der Waals surface area contributed by atoms with E-state index in [-0.39, 0.29) is 19.8 Å². The summed E-state index contributed by atoms with van der Waals surface area (Å²) >= 11 is 1.47. The Kier molecular flexibility index (Phi) is 12.2. The van der Waals surface area contributed by atoms with Gasteiger partial charge in [0.05, 0.1) is 26.4 Å². The quantitative estimate of drug-likeness (QED) is 0.192. The van der Waals surface area contributed by atoms with Crippen molar-refractivity contribution >= 4 is 11.8 Å². The van der Waals surface area contributed by atoms with E-state index in [9.17, 15) is 14.7 Å². The van der Waals surface area contributed by atoms with E-state index in [1.54, 1.807) is 13.1 Å². The summed E-state index contributed by atoms with van der Waals surface area (Å²) in [4.78, 5) is 27.7. The maximum atomic E-state index is 13.1. The lowest BCUT2D eigenvalue weighted by Gasteiger charge is -2.36. The van der Waals surface area contributed by atoms with Gasteiger partial charge in [-0.05, 0) is 29.4 Å². The Bertz CT molecular complexity index is 1460. The summed E-state index contributed by atoms with van der Waals surface area (Å²) in [6, 6.07) is 29.1. The van der Waals surface area contributed by atoms with Crippen molar-refractivity contribution < 1.29 is 19.3 Å². The topological polar surface area (TPSA) is 103 Å². The Morgan fingerprint density at radius 2 is 1.29 bits per heavy atom. The zero-order chi connectivity index (χ0) is 29.7. The fraction of sp³-hybridized carbons (Fsp3) is 0.333. The van der Waals surface area contributed by atoms with Gasteiger partial charge in [0, 0.05) is 11.8 Å². The van der Waals surface area contributed by atoms with Crippen LogP contribution in [0.1, 0.15) is 34.6 Å². The van der Waals surface area contributed by atoms with Gasteiger partial charge in [-0.25, -0.2) is 4.79 Å². The van der Waals surface area contributed by atoms with Crippen molar-refractivity contribution in [3.8, 4) is 0 Å². The molecule has 4 aromatic rings. The summed E-state index contributed by atoms with van der Waals surface area (Å²) in [5.41, 5.74) is 2.25. The highest BCUT2D eigenvalue weighted by Crippen LogP contribution is 2.33. The second-order valence-corrected chi connectivity index (χ2v) is 11.3. The molecule has 2 N–H and O–H groups in total. The summed E-state index contributed by atoms with van der Waals surface area (Å²) < 4.78 is 20.4. The lowest BCUT2D eigenvalue weighted by Crippen LogP contribution is -2.49. The largest absolute Gasteiger partial charge is 0.388 e. The first-order valence-electron chi connectivity index (χ1n) is 14.0. The van der Waals surface area contributed by atoms with Crippen LogP contribution in [0.25, 0.3) is 0 Å². The van der Waals surface area contributed by atoms with Crippen LogP contribution in [0.3, 0.4) is 0 Å². The zero-order valence-electron chi connectivity index (χ0n) is 23.9. The number of aliphatic hydroxyl groups excluding tert-OH is 1. The second-order valence-electron chi connectivity index (χ2n) is 9.92. The number of benzene rings is 3. The molecule has 0 unspecified atom stereocenters. The molecule has 42 heavy (non-hydrogen) atoms. The van der Waals surface area contributed by atoms with E-state index in [1.807, 2.05) is 97.9 Å². The van der Waals surface area contributed by atoms with Gasteiger partial charge in [-0.2, -0.15) is 0 Å². The van der Waals surface area contributed by atoms with E-state index in [2.05, 4.69) is 4.98 Å². The summed E-state index contributed by atoms with van der Waals surface area (Å²) in [5, 5.41) is 11.0. The predicted molar refractivity (Wildman–Crippen MR) is 165 cm³/mol. The molecule has 0 amide bonds. The van der Waals surface area contributed by atoms with Gasteiger partial charge in [-0.3, -0.25) is 14.3 Å². The number of nitrogens with one attached hydrogen (secondary N) is 1. The van der Waals surface area contributed by atoms with Crippen LogP contribution in [-0.2, 0) is 34.0 Å². The van der Waals surface area contributed by atoms with Gasteiger partial charge >= 0.3 is 5.69 Å². The van der Waals surface area contributed by atoms with Gasteiger partial charge in [-0.15, -0.1) is 11.8 Å². The molecular formula is C33H38N2O6S. The van der Waals surface area contributed by atoms with Crippen LogP contribution in [0.15, 0.2) is 107 Å². The molecule has 0 aliphatic heterocycles. The van der Waals surface area contributed by atoms with E-state index in [4.69, 9.17) is 14.2 Å². The highest BCUT2D eigenvalue weighted by atomic mass is 32.2. The third kappa shape index (κ3) is 9.01. The number of hydrogen-bond donors (Lipinski definition) is 2. The standard InChI is InChI=1S/C33H38N2O6S/c1-3-42-32(35-19-24(2)31(37)34-33(35)38)30(41-22-27-17-11-6-12-18-27)29(40-21-26-15-9-5-10-16-26)28(36)23-39-20-25-13-7-4-8-14-25/h4-19,28-30,32,36H,3,20-23H2,1-2H3,(H,34,37,38)/t28-,29+,30+,32+/m1/s1. The van der Waals surface area contributed by atoms with Crippen LogP contribution in [0, 0.1) is 6.92 Å². The molecule has 0 saturated carbocycles. The fourth-order valence-electron chi connectivity index (χ4n) is 4.54. The smallest absolute Gasteiger partial charge is 0.329 e. The molecule has 3 aromatic carbocycles. The van der Waals surface area contributed by atoms with Crippen LogP contribution in [0.4, 0.5) is 0 Å². The number of rotatable bonds is 16. The molecule has 0 fully saturated rings. The number of aryl methyl sites for hydroxylation is 1. The van der Waals surface area contributed by atoms with Crippen LogP contribution in [-0.4, -0.2) is 45.3 Å². The Hall–Kier alpha value is -3.47. The van der Waals surface area contributed by atoms with Gasteiger partial charge < -0.3 is 19.3 Å². The van der Waals surface area contributed by atoms with E-state index in [0.717, 1.165) is 16.7 Å². The molecule has 0 bridgehead atoms. The summed E-state index contributed by atoms with van der Waals surface area (Å²) in [6.07, 6.45) is -1.22. The number of ether oxygens (including phenoxy) is 3. The monoisotopic (exact) mass is 590 g/mol. The number of hydrogen-bond acceptors (Lipinski definition) is 7. The first-order valence-corrected chi connectivity index (χ1v) is 15.1. The van der Waals surface area contributed by atoms with Gasteiger partial charge in [0.25, 0.3) is 5.56 Å². The molecule has 0 saturated heterocycles. The first kappa shape index (κ1) is 31.5. The number of aromatic nitrogens is 2. The number of aromatic amines is 1. The number of aliphatic hydroxyl groups is 1. The molecule has 4 rings (SSSR count). The first-order chi connectivity index (χ1) is 20.5. The highest BCUT2D eigenvalue weighted by molar-refractivity contribution is 7.99. The SMILES string of the molecule is CCS[C@@H]([C@@H](OCc1ccccc1)[C@@H](OCc1ccccc1)[C@H](O)COCc1ccccc1)n1cc(C)c(=O)[nH]c1=O. The van der Waals surface area contributed by atoms with Crippen molar-refractivity contribution in [2.45, 2.75) is 57.4 Å². The molecule has 0 aliphatic carbocycles. The van der Waals surface area contributed by atoms with Crippen LogP contribution >= 0.6 is 11.8 Å². The number of thioether (sulfide) groups is 1. The Morgan fingerprint density at radius 3 is 1.81 bits per heavy atom. The van der Waals surface area contributed by atoms with Crippen molar-refractivity contribution in [1.29, 1.82) is 0 Å². The van der Waals surface area contributed by atoms with Crippen LogP contribution in [0.5, 0.6) is 0 Å². The van der Waals surface area contributed by atoms with Crippen LogP contribution in [0.2, 0.25) is 0 Å². The molecule has 222 valence electrons. The maximum Gasteiger partial charge on any atom is 0.329 e. The Labute approximate surface area is 250 Å². The van der Waals surface area contributed by atoms with E-state index < -0.39 is 34.9 Å². The summed E-state index contributed by atoms with van der Waals surface area (Å²) in [6.45, 7) is 4.39. The maximum absolute atomic E-state index is 13.1.